The lowest BCUT2D eigenvalue weighted by Gasteiger charge is -2.28. The van der Waals surface area contributed by atoms with Crippen LogP contribution >= 0.6 is 11.8 Å². The van der Waals surface area contributed by atoms with Crippen LogP contribution < -0.4 is 10.1 Å². The number of hydrogen-bond acceptors (Lipinski definition) is 4. The first kappa shape index (κ1) is 17.9. The van der Waals surface area contributed by atoms with Gasteiger partial charge in [-0.2, -0.15) is 0 Å². The van der Waals surface area contributed by atoms with Gasteiger partial charge in [0.05, 0.1) is 18.0 Å². The first-order chi connectivity index (χ1) is 13.2. The molecule has 1 unspecified atom stereocenters. The van der Waals surface area contributed by atoms with E-state index in [1.54, 1.807) is 7.11 Å². The van der Waals surface area contributed by atoms with E-state index in [0.717, 1.165) is 34.7 Å². The van der Waals surface area contributed by atoms with Crippen molar-refractivity contribution in [3.05, 3.63) is 54.1 Å². The SMILES string of the molecule is COc1ccccc1CN(C(=O)CC1Sc2ccccc2NC1=O)C1CC1. The molecule has 2 aliphatic rings. The van der Waals surface area contributed by atoms with Crippen molar-refractivity contribution in [3.63, 3.8) is 0 Å². The van der Waals surface area contributed by atoms with Crippen LogP contribution in [0.15, 0.2) is 53.4 Å². The van der Waals surface area contributed by atoms with E-state index in [4.69, 9.17) is 4.74 Å². The zero-order chi connectivity index (χ0) is 18.8. The highest BCUT2D eigenvalue weighted by Crippen LogP contribution is 2.38. The zero-order valence-corrected chi connectivity index (χ0v) is 16.0. The van der Waals surface area contributed by atoms with Crippen molar-refractivity contribution in [2.75, 3.05) is 12.4 Å². The Balaban J connectivity index is 1.48. The fourth-order valence-corrected chi connectivity index (χ4v) is 4.43. The Morgan fingerprint density at radius 1 is 1.19 bits per heavy atom. The minimum Gasteiger partial charge on any atom is -0.496 e. The number of nitrogens with zero attached hydrogens (tertiary/aromatic N) is 1. The molecule has 1 aliphatic carbocycles. The summed E-state index contributed by atoms with van der Waals surface area (Å²) in [5, 5.41) is 2.52. The van der Waals surface area contributed by atoms with Gasteiger partial charge >= 0.3 is 0 Å². The number of nitrogens with one attached hydrogen (secondary N) is 1. The predicted octanol–water partition coefficient (Wildman–Crippen LogP) is 3.69. The Morgan fingerprint density at radius 2 is 1.93 bits per heavy atom. The molecule has 1 fully saturated rings. The van der Waals surface area contributed by atoms with E-state index in [1.807, 2.05) is 53.4 Å². The van der Waals surface area contributed by atoms with Crippen molar-refractivity contribution in [2.45, 2.75) is 42.0 Å². The van der Waals surface area contributed by atoms with Crippen LogP contribution in [0.1, 0.15) is 24.8 Å². The summed E-state index contributed by atoms with van der Waals surface area (Å²) in [6, 6.07) is 15.7. The fourth-order valence-electron chi connectivity index (χ4n) is 3.33. The number of thioether (sulfide) groups is 1. The summed E-state index contributed by atoms with van der Waals surface area (Å²) in [6.07, 6.45) is 2.25. The Morgan fingerprint density at radius 3 is 2.70 bits per heavy atom. The maximum Gasteiger partial charge on any atom is 0.238 e. The molecule has 0 bridgehead atoms. The van der Waals surface area contributed by atoms with E-state index < -0.39 is 5.25 Å². The number of hydrogen-bond donors (Lipinski definition) is 1. The Bertz CT molecular complexity index is 866. The average molecular weight is 382 g/mol. The average Bonchev–Trinajstić information content (AvgIpc) is 3.52. The van der Waals surface area contributed by atoms with Gasteiger partial charge in [-0.1, -0.05) is 30.3 Å². The second-order valence-electron chi connectivity index (χ2n) is 6.86. The summed E-state index contributed by atoms with van der Waals surface area (Å²) in [6.45, 7) is 0.517. The maximum atomic E-state index is 13.0. The smallest absolute Gasteiger partial charge is 0.238 e. The van der Waals surface area contributed by atoms with Crippen molar-refractivity contribution in [2.24, 2.45) is 0 Å². The number of fused-ring (bicyclic) bond motifs is 1. The van der Waals surface area contributed by atoms with Gasteiger partial charge in [-0.25, -0.2) is 0 Å². The zero-order valence-electron chi connectivity index (χ0n) is 15.2. The van der Waals surface area contributed by atoms with E-state index in [0.29, 0.717) is 6.54 Å². The number of amides is 2. The van der Waals surface area contributed by atoms with Crippen LogP contribution in [0.4, 0.5) is 5.69 Å². The molecule has 140 valence electrons. The van der Waals surface area contributed by atoms with Crippen LogP contribution in [0.5, 0.6) is 5.75 Å². The quantitative estimate of drug-likeness (QED) is 0.828. The van der Waals surface area contributed by atoms with Crippen LogP contribution in [0.3, 0.4) is 0 Å². The largest absolute Gasteiger partial charge is 0.496 e. The van der Waals surface area contributed by atoms with Gasteiger partial charge < -0.3 is 15.0 Å². The maximum absolute atomic E-state index is 13.0. The number of carbonyl (C=O) groups is 2. The van der Waals surface area contributed by atoms with Gasteiger partial charge in [0.2, 0.25) is 11.8 Å². The van der Waals surface area contributed by atoms with Gasteiger partial charge in [0.25, 0.3) is 0 Å². The molecule has 0 aromatic heterocycles. The molecule has 0 spiro atoms. The number of benzene rings is 2. The molecule has 1 saturated carbocycles. The number of anilines is 1. The van der Waals surface area contributed by atoms with E-state index in [2.05, 4.69) is 5.32 Å². The number of ether oxygens (including phenoxy) is 1. The second kappa shape index (κ2) is 7.64. The Hall–Kier alpha value is -2.47. The van der Waals surface area contributed by atoms with E-state index >= 15 is 0 Å². The third-order valence-electron chi connectivity index (χ3n) is 4.91. The normalized spacial score (nSPS) is 18.4. The summed E-state index contributed by atoms with van der Waals surface area (Å²) in [7, 11) is 1.64. The molecule has 1 N–H and O–H groups in total. The van der Waals surface area contributed by atoms with Crippen LogP contribution in [-0.2, 0) is 16.1 Å². The molecule has 1 atom stereocenters. The summed E-state index contributed by atoms with van der Waals surface area (Å²) in [5.74, 6) is 0.713. The van der Waals surface area contributed by atoms with Crippen LogP contribution in [0, 0.1) is 0 Å². The Labute approximate surface area is 163 Å². The van der Waals surface area contributed by atoms with Gasteiger partial charge in [0, 0.05) is 29.5 Å². The molecule has 2 amide bonds. The first-order valence-electron chi connectivity index (χ1n) is 9.13. The number of rotatable bonds is 6. The molecule has 4 rings (SSSR count). The molecular formula is C21H22N2O3S. The first-order valence-corrected chi connectivity index (χ1v) is 10.0. The summed E-state index contributed by atoms with van der Waals surface area (Å²) in [5.41, 5.74) is 1.82. The monoisotopic (exact) mass is 382 g/mol. The molecule has 2 aromatic rings. The van der Waals surface area contributed by atoms with Gasteiger partial charge in [-0.05, 0) is 31.0 Å². The molecule has 0 saturated heterocycles. The van der Waals surface area contributed by atoms with Gasteiger partial charge in [0.15, 0.2) is 0 Å². The lowest BCUT2D eigenvalue weighted by molar-refractivity contribution is -0.133. The van der Waals surface area contributed by atoms with Crippen molar-refractivity contribution in [3.8, 4) is 5.75 Å². The van der Waals surface area contributed by atoms with E-state index in [1.165, 1.54) is 11.8 Å². The highest BCUT2D eigenvalue weighted by molar-refractivity contribution is 8.01. The predicted molar refractivity (Wildman–Crippen MR) is 106 cm³/mol. The number of para-hydroxylation sites is 2. The number of carbonyl (C=O) groups excluding carboxylic acids is 2. The van der Waals surface area contributed by atoms with Crippen LogP contribution in [0.25, 0.3) is 0 Å². The Kier molecular flexibility index (Phi) is 5.07. The molecule has 27 heavy (non-hydrogen) atoms. The highest BCUT2D eigenvalue weighted by Gasteiger charge is 2.36. The van der Waals surface area contributed by atoms with Crippen molar-refractivity contribution in [1.29, 1.82) is 0 Å². The van der Waals surface area contributed by atoms with Crippen LogP contribution in [0.2, 0.25) is 0 Å². The summed E-state index contributed by atoms with van der Waals surface area (Å²) >= 11 is 1.47. The van der Waals surface area contributed by atoms with Crippen molar-refractivity contribution < 1.29 is 14.3 Å². The number of methoxy groups -OCH3 is 1. The third-order valence-corrected chi connectivity index (χ3v) is 6.18. The minimum absolute atomic E-state index is 0.0236. The standard InChI is InChI=1S/C21H22N2O3S/c1-26-17-8-4-2-6-14(17)13-23(15-10-11-15)20(24)12-19-21(25)22-16-7-3-5-9-18(16)27-19/h2-9,15,19H,10-13H2,1H3,(H,22,25). The molecular weight excluding hydrogens is 360 g/mol. The van der Waals surface area contributed by atoms with Gasteiger partial charge in [-0.3, -0.25) is 9.59 Å². The van der Waals surface area contributed by atoms with Gasteiger partial charge in [-0.15, -0.1) is 11.8 Å². The molecule has 5 nitrogen and oxygen atoms in total. The molecule has 2 aromatic carbocycles. The molecule has 1 heterocycles. The lowest BCUT2D eigenvalue weighted by Crippen LogP contribution is -2.38. The summed E-state index contributed by atoms with van der Waals surface area (Å²) in [4.78, 5) is 28.4. The van der Waals surface area contributed by atoms with Crippen molar-refractivity contribution in [1.82, 2.24) is 4.90 Å². The molecule has 6 heteroatoms. The third kappa shape index (κ3) is 3.95. The summed E-state index contributed by atoms with van der Waals surface area (Å²) < 4.78 is 5.43. The second-order valence-corrected chi connectivity index (χ2v) is 8.11. The van der Waals surface area contributed by atoms with E-state index in [9.17, 15) is 9.59 Å². The molecule has 0 radical (unpaired) electrons. The highest BCUT2D eigenvalue weighted by atomic mass is 32.2. The minimum atomic E-state index is -0.397. The lowest BCUT2D eigenvalue weighted by atomic mass is 10.1. The molecule has 1 aliphatic heterocycles. The topological polar surface area (TPSA) is 58.6 Å². The van der Waals surface area contributed by atoms with Crippen LogP contribution in [-0.4, -0.2) is 35.1 Å². The van der Waals surface area contributed by atoms with Gasteiger partial charge in [0.1, 0.15) is 5.75 Å². The van der Waals surface area contributed by atoms with E-state index in [-0.39, 0.29) is 24.3 Å². The fraction of sp³-hybridized carbons (Fsp3) is 0.333. The van der Waals surface area contributed by atoms with Crippen molar-refractivity contribution >= 4 is 29.3 Å².